The van der Waals surface area contributed by atoms with Crippen LogP contribution in [0.2, 0.25) is 0 Å². The van der Waals surface area contributed by atoms with Crippen LogP contribution in [0, 0.1) is 23.7 Å². The molecule has 0 N–H and O–H groups in total. The molecule has 2 aliphatic rings. The summed E-state index contributed by atoms with van der Waals surface area (Å²) in [5, 5.41) is 0. The van der Waals surface area contributed by atoms with E-state index < -0.39 is 0 Å². The van der Waals surface area contributed by atoms with E-state index in [0.29, 0.717) is 0 Å². The molecule has 170 valence electrons. The number of benzene rings is 1. The topological polar surface area (TPSA) is 9.23 Å². The van der Waals surface area contributed by atoms with E-state index >= 15 is 0 Å². The Balaban J connectivity index is 1.25. The smallest absolute Gasteiger partial charge is 0.119 e. The molecular formula is C29H48O. The Labute approximate surface area is 187 Å². The van der Waals surface area contributed by atoms with Crippen LogP contribution >= 0.6 is 0 Å². The molecule has 0 aromatic heterocycles. The Bertz CT molecular complexity index is 546. The Morgan fingerprint density at radius 3 is 1.60 bits per heavy atom. The normalized spacial score (nSPS) is 27.1. The van der Waals surface area contributed by atoms with Crippen molar-refractivity contribution in [3.05, 3.63) is 29.8 Å². The van der Waals surface area contributed by atoms with Crippen molar-refractivity contribution >= 4 is 0 Å². The van der Waals surface area contributed by atoms with Crippen molar-refractivity contribution in [1.82, 2.24) is 0 Å². The van der Waals surface area contributed by atoms with Gasteiger partial charge in [0, 0.05) is 0 Å². The molecular weight excluding hydrogens is 364 g/mol. The van der Waals surface area contributed by atoms with E-state index in [1.807, 2.05) is 0 Å². The lowest BCUT2D eigenvalue weighted by molar-refractivity contribution is 0.230. The van der Waals surface area contributed by atoms with Crippen LogP contribution in [0.25, 0.3) is 0 Å². The first-order chi connectivity index (χ1) is 14.8. The molecule has 2 aliphatic carbocycles. The lowest BCUT2D eigenvalue weighted by Gasteiger charge is -2.28. The maximum atomic E-state index is 6.04. The summed E-state index contributed by atoms with van der Waals surface area (Å²) < 4.78 is 6.04. The van der Waals surface area contributed by atoms with Gasteiger partial charge in [-0.3, -0.25) is 0 Å². The van der Waals surface area contributed by atoms with Crippen molar-refractivity contribution in [3.8, 4) is 5.75 Å². The molecule has 2 fully saturated rings. The second-order valence-electron chi connectivity index (χ2n) is 10.5. The average molecular weight is 413 g/mol. The largest absolute Gasteiger partial charge is 0.494 e. The molecule has 0 spiro atoms. The second-order valence-corrected chi connectivity index (χ2v) is 10.5. The first kappa shape index (κ1) is 23.7. The van der Waals surface area contributed by atoms with E-state index in [1.54, 1.807) is 0 Å². The van der Waals surface area contributed by atoms with Gasteiger partial charge in [-0.2, -0.15) is 0 Å². The minimum absolute atomic E-state index is 0.884. The van der Waals surface area contributed by atoms with Gasteiger partial charge in [0.1, 0.15) is 5.75 Å². The lowest BCUT2D eigenvalue weighted by Crippen LogP contribution is -2.15. The summed E-state index contributed by atoms with van der Waals surface area (Å²) in [6.45, 7) is 5.54. The SMILES string of the molecule is CCCC1CCC(CCCOc2ccc(CCC3CCC(CCC)CC3)cc2)CC1. The third-order valence-corrected chi connectivity index (χ3v) is 8.12. The molecule has 0 unspecified atom stereocenters. The van der Waals surface area contributed by atoms with Crippen molar-refractivity contribution in [3.63, 3.8) is 0 Å². The van der Waals surface area contributed by atoms with Crippen LogP contribution in [-0.4, -0.2) is 6.61 Å². The van der Waals surface area contributed by atoms with Crippen LogP contribution in [-0.2, 0) is 6.42 Å². The van der Waals surface area contributed by atoms with E-state index in [0.717, 1.165) is 36.0 Å². The summed E-state index contributed by atoms with van der Waals surface area (Å²) in [6.07, 6.45) is 22.6. The third-order valence-electron chi connectivity index (χ3n) is 8.12. The zero-order valence-corrected chi connectivity index (χ0v) is 20.0. The highest BCUT2D eigenvalue weighted by Gasteiger charge is 2.21. The summed E-state index contributed by atoms with van der Waals surface area (Å²) in [6, 6.07) is 8.99. The van der Waals surface area contributed by atoms with E-state index in [4.69, 9.17) is 4.74 Å². The highest BCUT2D eigenvalue weighted by molar-refractivity contribution is 5.27. The minimum Gasteiger partial charge on any atom is -0.494 e. The first-order valence-electron chi connectivity index (χ1n) is 13.5. The fourth-order valence-corrected chi connectivity index (χ4v) is 6.12. The second kappa shape index (κ2) is 13.4. The molecule has 1 heteroatoms. The molecule has 0 amide bonds. The molecule has 1 nitrogen and oxygen atoms in total. The number of hydrogen-bond donors (Lipinski definition) is 0. The Morgan fingerprint density at radius 2 is 1.10 bits per heavy atom. The number of ether oxygens (including phenoxy) is 1. The average Bonchev–Trinajstić information content (AvgIpc) is 2.78. The summed E-state index contributed by atoms with van der Waals surface area (Å²) in [4.78, 5) is 0. The lowest BCUT2D eigenvalue weighted by atomic mass is 9.78. The molecule has 0 bridgehead atoms. The van der Waals surface area contributed by atoms with Crippen molar-refractivity contribution < 1.29 is 4.74 Å². The van der Waals surface area contributed by atoms with Gasteiger partial charge in [0.15, 0.2) is 0 Å². The fraction of sp³-hybridized carbons (Fsp3) is 0.793. The molecule has 1 aromatic rings. The summed E-state index contributed by atoms with van der Waals surface area (Å²) in [5.41, 5.74) is 1.49. The molecule has 0 atom stereocenters. The highest BCUT2D eigenvalue weighted by atomic mass is 16.5. The van der Waals surface area contributed by atoms with Crippen LogP contribution in [0.15, 0.2) is 24.3 Å². The molecule has 0 aliphatic heterocycles. The molecule has 1 aromatic carbocycles. The van der Waals surface area contributed by atoms with Crippen molar-refractivity contribution in [2.75, 3.05) is 6.61 Å². The monoisotopic (exact) mass is 412 g/mol. The van der Waals surface area contributed by atoms with Crippen molar-refractivity contribution in [1.29, 1.82) is 0 Å². The third kappa shape index (κ3) is 8.27. The van der Waals surface area contributed by atoms with Crippen molar-refractivity contribution in [2.45, 2.75) is 117 Å². The predicted octanol–water partition coefficient (Wildman–Crippen LogP) is 8.99. The summed E-state index contributed by atoms with van der Waals surface area (Å²) in [7, 11) is 0. The summed E-state index contributed by atoms with van der Waals surface area (Å²) in [5.74, 6) is 5.04. The zero-order valence-electron chi connectivity index (χ0n) is 20.0. The van der Waals surface area contributed by atoms with E-state index in [1.165, 1.54) is 108 Å². The van der Waals surface area contributed by atoms with Crippen LogP contribution in [0.1, 0.15) is 116 Å². The minimum atomic E-state index is 0.884. The van der Waals surface area contributed by atoms with Crippen LogP contribution in [0.4, 0.5) is 0 Å². The Morgan fingerprint density at radius 1 is 0.633 bits per heavy atom. The van der Waals surface area contributed by atoms with Gasteiger partial charge < -0.3 is 4.74 Å². The molecule has 0 heterocycles. The van der Waals surface area contributed by atoms with Gasteiger partial charge in [0.05, 0.1) is 6.61 Å². The highest BCUT2D eigenvalue weighted by Crippen LogP contribution is 2.35. The number of hydrogen-bond acceptors (Lipinski definition) is 1. The standard InChI is InChI=1S/C29H48O/c1-3-6-24-9-13-26(14-10-24)8-5-23-30-29-21-19-28(20-22-29)18-17-27-15-11-25(7-4-2)12-16-27/h19-22,24-27H,3-18,23H2,1-2H3. The zero-order chi connectivity index (χ0) is 21.0. The predicted molar refractivity (Wildman–Crippen MR) is 130 cm³/mol. The van der Waals surface area contributed by atoms with E-state index in [2.05, 4.69) is 38.1 Å². The Hall–Kier alpha value is -0.980. The number of aryl methyl sites for hydroxylation is 1. The van der Waals surface area contributed by atoms with E-state index in [9.17, 15) is 0 Å². The van der Waals surface area contributed by atoms with Gasteiger partial charge in [-0.05, 0) is 67.1 Å². The van der Waals surface area contributed by atoms with Gasteiger partial charge in [-0.15, -0.1) is 0 Å². The maximum absolute atomic E-state index is 6.04. The maximum Gasteiger partial charge on any atom is 0.119 e. The first-order valence-corrected chi connectivity index (χ1v) is 13.5. The van der Waals surface area contributed by atoms with Crippen LogP contribution < -0.4 is 4.74 Å². The van der Waals surface area contributed by atoms with Gasteiger partial charge in [-0.1, -0.05) is 103 Å². The number of rotatable bonds is 12. The molecule has 3 rings (SSSR count). The molecule has 30 heavy (non-hydrogen) atoms. The molecule has 2 saturated carbocycles. The fourth-order valence-electron chi connectivity index (χ4n) is 6.12. The quantitative estimate of drug-likeness (QED) is 0.311. The van der Waals surface area contributed by atoms with Gasteiger partial charge in [0.2, 0.25) is 0 Å². The van der Waals surface area contributed by atoms with Crippen LogP contribution in [0.5, 0.6) is 5.75 Å². The van der Waals surface area contributed by atoms with E-state index in [-0.39, 0.29) is 0 Å². The van der Waals surface area contributed by atoms with Gasteiger partial charge >= 0.3 is 0 Å². The molecule has 0 radical (unpaired) electrons. The van der Waals surface area contributed by atoms with Crippen LogP contribution in [0.3, 0.4) is 0 Å². The Kier molecular flexibility index (Phi) is 10.6. The van der Waals surface area contributed by atoms with Gasteiger partial charge in [0.25, 0.3) is 0 Å². The summed E-state index contributed by atoms with van der Waals surface area (Å²) >= 11 is 0. The molecule has 0 saturated heterocycles. The van der Waals surface area contributed by atoms with Crippen molar-refractivity contribution in [2.24, 2.45) is 23.7 Å². The van der Waals surface area contributed by atoms with Gasteiger partial charge in [-0.25, -0.2) is 0 Å².